The van der Waals surface area contributed by atoms with Crippen LogP contribution in [0.15, 0.2) is 11.7 Å². The van der Waals surface area contributed by atoms with Gasteiger partial charge < -0.3 is 11.1 Å². The molecule has 1 fully saturated rings. The molecule has 5 heteroatoms. The van der Waals surface area contributed by atoms with Crippen LogP contribution in [0, 0.1) is 0 Å². The first-order chi connectivity index (χ1) is 7.18. The second-order valence-corrected chi connectivity index (χ2v) is 5.11. The Balaban J connectivity index is 1.73. The molecule has 1 aromatic rings. The van der Waals surface area contributed by atoms with Gasteiger partial charge in [-0.05, 0) is 19.3 Å². The lowest BCUT2D eigenvalue weighted by atomic mass is 9.75. The van der Waals surface area contributed by atoms with Gasteiger partial charge in [0.25, 0.3) is 0 Å². The van der Waals surface area contributed by atoms with Gasteiger partial charge in [-0.3, -0.25) is 9.78 Å². The molecule has 1 amide bonds. The Hall–Kier alpha value is -0.940. The fourth-order valence-electron chi connectivity index (χ4n) is 1.71. The molecular weight excluding hydrogens is 210 g/mol. The molecule has 0 saturated heterocycles. The van der Waals surface area contributed by atoms with Crippen LogP contribution in [0.4, 0.5) is 0 Å². The van der Waals surface area contributed by atoms with Gasteiger partial charge in [0.05, 0.1) is 12.1 Å². The average molecular weight is 225 g/mol. The largest absolute Gasteiger partial charge is 0.351 e. The molecular formula is C10H15N3OS. The van der Waals surface area contributed by atoms with Crippen LogP contribution in [0.2, 0.25) is 0 Å². The first-order valence-corrected chi connectivity index (χ1v) is 5.99. The van der Waals surface area contributed by atoms with Crippen molar-refractivity contribution in [3.63, 3.8) is 0 Å². The molecule has 2 rings (SSSR count). The summed E-state index contributed by atoms with van der Waals surface area (Å²) in [6.45, 7) is 0.569. The highest BCUT2D eigenvalue weighted by Gasteiger charge is 2.34. The number of hydrogen-bond donors (Lipinski definition) is 2. The molecule has 4 nitrogen and oxygen atoms in total. The minimum Gasteiger partial charge on any atom is -0.351 e. The maximum atomic E-state index is 11.5. The van der Waals surface area contributed by atoms with E-state index in [1.807, 2.05) is 0 Å². The van der Waals surface area contributed by atoms with E-state index in [1.165, 1.54) is 0 Å². The summed E-state index contributed by atoms with van der Waals surface area (Å²) in [5.41, 5.74) is 7.52. The summed E-state index contributed by atoms with van der Waals surface area (Å²) in [6.07, 6.45) is 5.32. The zero-order valence-electron chi connectivity index (χ0n) is 8.53. The maximum Gasteiger partial charge on any atom is 0.222 e. The van der Waals surface area contributed by atoms with E-state index in [1.54, 1.807) is 23.0 Å². The molecule has 15 heavy (non-hydrogen) atoms. The van der Waals surface area contributed by atoms with E-state index in [4.69, 9.17) is 5.73 Å². The number of amides is 1. The van der Waals surface area contributed by atoms with Crippen molar-refractivity contribution in [3.8, 4) is 0 Å². The molecule has 0 bridgehead atoms. The van der Waals surface area contributed by atoms with Gasteiger partial charge in [0, 0.05) is 23.0 Å². The Morgan fingerprint density at radius 1 is 1.67 bits per heavy atom. The van der Waals surface area contributed by atoms with Gasteiger partial charge in [-0.25, -0.2) is 0 Å². The van der Waals surface area contributed by atoms with E-state index in [-0.39, 0.29) is 11.4 Å². The van der Waals surface area contributed by atoms with E-state index >= 15 is 0 Å². The highest BCUT2D eigenvalue weighted by molar-refractivity contribution is 7.09. The van der Waals surface area contributed by atoms with Crippen LogP contribution >= 0.6 is 11.3 Å². The van der Waals surface area contributed by atoms with Crippen molar-refractivity contribution in [1.29, 1.82) is 0 Å². The van der Waals surface area contributed by atoms with Crippen molar-refractivity contribution in [1.82, 2.24) is 10.3 Å². The van der Waals surface area contributed by atoms with E-state index in [2.05, 4.69) is 10.3 Å². The van der Waals surface area contributed by atoms with Gasteiger partial charge in [-0.15, -0.1) is 11.3 Å². The van der Waals surface area contributed by atoms with Gasteiger partial charge in [0.15, 0.2) is 0 Å². The number of hydrogen-bond acceptors (Lipinski definition) is 4. The van der Waals surface area contributed by atoms with Crippen molar-refractivity contribution >= 4 is 17.2 Å². The van der Waals surface area contributed by atoms with Gasteiger partial charge in [-0.2, -0.15) is 0 Å². The summed E-state index contributed by atoms with van der Waals surface area (Å²) in [5.74, 6) is 0.0469. The van der Waals surface area contributed by atoms with Crippen molar-refractivity contribution in [2.75, 3.05) is 0 Å². The summed E-state index contributed by atoms with van der Waals surface area (Å²) in [6, 6.07) is 0. The Kier molecular flexibility index (Phi) is 3.02. The second kappa shape index (κ2) is 4.28. The third-order valence-electron chi connectivity index (χ3n) is 2.81. The number of aromatic nitrogens is 1. The second-order valence-electron chi connectivity index (χ2n) is 4.14. The van der Waals surface area contributed by atoms with Crippen LogP contribution in [-0.4, -0.2) is 16.4 Å². The van der Waals surface area contributed by atoms with Crippen LogP contribution in [0.3, 0.4) is 0 Å². The van der Waals surface area contributed by atoms with E-state index < -0.39 is 0 Å². The number of rotatable bonds is 4. The summed E-state index contributed by atoms with van der Waals surface area (Å²) >= 11 is 1.55. The molecule has 0 spiro atoms. The maximum absolute atomic E-state index is 11.5. The molecule has 1 saturated carbocycles. The summed E-state index contributed by atoms with van der Waals surface area (Å²) < 4.78 is 0. The molecule has 82 valence electrons. The monoisotopic (exact) mass is 225 g/mol. The zero-order valence-corrected chi connectivity index (χ0v) is 9.35. The average Bonchev–Trinajstić information content (AvgIpc) is 2.64. The smallest absolute Gasteiger partial charge is 0.222 e. The lowest BCUT2D eigenvalue weighted by molar-refractivity contribution is -0.123. The summed E-state index contributed by atoms with van der Waals surface area (Å²) in [5, 5.41) is 2.86. The number of carbonyl (C=O) groups is 1. The third-order valence-corrected chi connectivity index (χ3v) is 3.58. The van der Waals surface area contributed by atoms with Crippen molar-refractivity contribution in [3.05, 3.63) is 16.6 Å². The van der Waals surface area contributed by atoms with E-state index in [0.29, 0.717) is 13.0 Å². The predicted molar refractivity (Wildman–Crippen MR) is 59.3 cm³/mol. The Morgan fingerprint density at radius 3 is 3.00 bits per heavy atom. The number of thiazole rings is 1. The first kappa shape index (κ1) is 10.6. The molecule has 1 aliphatic carbocycles. The normalized spacial score (nSPS) is 18.2. The minimum atomic E-state index is -0.224. The molecule has 0 atom stereocenters. The molecule has 0 aromatic carbocycles. The van der Waals surface area contributed by atoms with Crippen LogP contribution in [0.25, 0.3) is 0 Å². The topological polar surface area (TPSA) is 68.0 Å². The minimum absolute atomic E-state index is 0.0469. The van der Waals surface area contributed by atoms with Gasteiger partial charge in [-0.1, -0.05) is 0 Å². The Bertz CT molecular complexity index is 332. The molecule has 0 unspecified atom stereocenters. The molecule has 1 heterocycles. The van der Waals surface area contributed by atoms with Crippen molar-refractivity contribution in [2.24, 2.45) is 5.73 Å². The van der Waals surface area contributed by atoms with Crippen LogP contribution in [-0.2, 0) is 11.3 Å². The number of nitrogens with one attached hydrogen (secondary N) is 1. The lowest BCUT2D eigenvalue weighted by Crippen LogP contribution is -2.49. The van der Waals surface area contributed by atoms with Crippen LogP contribution in [0.1, 0.15) is 30.6 Å². The number of carbonyl (C=O) groups excluding carboxylic acids is 1. The molecule has 0 aliphatic heterocycles. The molecule has 0 radical (unpaired) electrons. The standard InChI is InChI=1S/C10H15N3OS/c11-10(2-1-3-10)4-9(14)13-6-8-5-12-7-15-8/h5,7H,1-4,6,11H2,(H,13,14). The fraction of sp³-hybridized carbons (Fsp3) is 0.600. The number of nitrogens with two attached hydrogens (primary N) is 1. The van der Waals surface area contributed by atoms with E-state index in [0.717, 1.165) is 24.1 Å². The van der Waals surface area contributed by atoms with Crippen molar-refractivity contribution in [2.45, 2.75) is 37.8 Å². The fourth-order valence-corrected chi connectivity index (χ4v) is 2.24. The van der Waals surface area contributed by atoms with Crippen LogP contribution < -0.4 is 11.1 Å². The van der Waals surface area contributed by atoms with Gasteiger partial charge in [0.2, 0.25) is 5.91 Å². The molecule has 3 N–H and O–H groups in total. The molecule has 1 aliphatic rings. The number of nitrogens with zero attached hydrogens (tertiary/aromatic N) is 1. The van der Waals surface area contributed by atoms with Gasteiger partial charge in [0.1, 0.15) is 0 Å². The first-order valence-electron chi connectivity index (χ1n) is 5.11. The Labute approximate surface area is 92.9 Å². The SMILES string of the molecule is NC1(CC(=O)NCc2cncs2)CCC1. The zero-order chi connectivity index (χ0) is 10.7. The summed E-state index contributed by atoms with van der Waals surface area (Å²) in [4.78, 5) is 16.6. The summed E-state index contributed by atoms with van der Waals surface area (Å²) in [7, 11) is 0. The van der Waals surface area contributed by atoms with Crippen molar-refractivity contribution < 1.29 is 4.79 Å². The molecule has 1 aromatic heterocycles. The highest BCUT2D eigenvalue weighted by Crippen LogP contribution is 2.31. The van der Waals surface area contributed by atoms with Gasteiger partial charge >= 0.3 is 0 Å². The Morgan fingerprint density at radius 2 is 2.47 bits per heavy atom. The lowest BCUT2D eigenvalue weighted by Gasteiger charge is -2.37. The van der Waals surface area contributed by atoms with E-state index in [9.17, 15) is 4.79 Å². The third kappa shape index (κ3) is 2.76. The predicted octanol–water partition coefficient (Wildman–Crippen LogP) is 1.03. The quantitative estimate of drug-likeness (QED) is 0.804. The van der Waals surface area contributed by atoms with Crippen LogP contribution in [0.5, 0.6) is 0 Å². The highest BCUT2D eigenvalue weighted by atomic mass is 32.1.